The van der Waals surface area contributed by atoms with E-state index in [-0.39, 0.29) is 11.9 Å². The van der Waals surface area contributed by atoms with Crippen molar-refractivity contribution in [3.63, 3.8) is 0 Å². The molecule has 1 atom stereocenters. The van der Waals surface area contributed by atoms with Crippen molar-refractivity contribution in [3.05, 3.63) is 59.7 Å². The summed E-state index contributed by atoms with van der Waals surface area (Å²) >= 11 is 0. The number of methoxy groups -OCH3 is 2. The number of hydrogen-bond donors (Lipinski definition) is 0. The number of ether oxygens (including phenoxy) is 3. The fourth-order valence-corrected chi connectivity index (χ4v) is 3.00. The normalized spacial score (nSPS) is 17.4. The summed E-state index contributed by atoms with van der Waals surface area (Å²) in [6.45, 7) is 1.53. The van der Waals surface area contributed by atoms with Crippen molar-refractivity contribution in [2.75, 3.05) is 34.0 Å². The van der Waals surface area contributed by atoms with Crippen LogP contribution < -0.4 is 9.47 Å². The average molecular weight is 327 g/mol. The number of rotatable bonds is 4. The molecule has 0 bridgehead atoms. The van der Waals surface area contributed by atoms with Crippen LogP contribution >= 0.6 is 0 Å². The standard InChI is InChI=1S/C19H21NO4/c1-22-16-9-6-10-17(23-2)18(16)19(21)20-11-12-24-13-15(20)14-7-4-3-5-8-14/h3-10,15H,11-13H2,1-2H3. The van der Waals surface area contributed by atoms with Gasteiger partial charge in [0.15, 0.2) is 0 Å². The second-order valence-electron chi connectivity index (χ2n) is 5.54. The summed E-state index contributed by atoms with van der Waals surface area (Å²) in [4.78, 5) is 15.1. The SMILES string of the molecule is COc1cccc(OC)c1C(=O)N1CCOCC1c1ccccc1. The van der Waals surface area contributed by atoms with E-state index in [4.69, 9.17) is 14.2 Å². The Morgan fingerprint density at radius 1 is 1.04 bits per heavy atom. The van der Waals surface area contributed by atoms with Crippen LogP contribution in [0.25, 0.3) is 0 Å². The monoisotopic (exact) mass is 327 g/mol. The average Bonchev–Trinajstić information content (AvgIpc) is 2.67. The van der Waals surface area contributed by atoms with Crippen molar-refractivity contribution >= 4 is 5.91 Å². The predicted octanol–water partition coefficient (Wildman–Crippen LogP) is 2.92. The van der Waals surface area contributed by atoms with Gasteiger partial charge in [-0.15, -0.1) is 0 Å². The van der Waals surface area contributed by atoms with Gasteiger partial charge in [0.2, 0.25) is 0 Å². The van der Waals surface area contributed by atoms with Crippen LogP contribution in [0.2, 0.25) is 0 Å². The van der Waals surface area contributed by atoms with E-state index in [1.165, 1.54) is 0 Å². The highest BCUT2D eigenvalue weighted by molar-refractivity contribution is 6.00. The third kappa shape index (κ3) is 3.08. The molecular weight excluding hydrogens is 306 g/mol. The molecule has 1 saturated heterocycles. The Kier molecular flexibility index (Phi) is 5.01. The van der Waals surface area contributed by atoms with E-state index < -0.39 is 0 Å². The van der Waals surface area contributed by atoms with Crippen LogP contribution in [0.4, 0.5) is 0 Å². The Bertz CT molecular complexity index is 680. The quantitative estimate of drug-likeness (QED) is 0.866. The molecule has 3 rings (SSSR count). The lowest BCUT2D eigenvalue weighted by Crippen LogP contribution is -2.43. The van der Waals surface area contributed by atoms with Crippen LogP contribution in [0.5, 0.6) is 11.5 Å². The fraction of sp³-hybridized carbons (Fsp3) is 0.316. The fourth-order valence-electron chi connectivity index (χ4n) is 3.00. The summed E-state index contributed by atoms with van der Waals surface area (Å²) in [6.07, 6.45) is 0. The van der Waals surface area contributed by atoms with E-state index in [1.807, 2.05) is 41.3 Å². The van der Waals surface area contributed by atoms with Gasteiger partial charge in [0.05, 0.1) is 33.5 Å². The number of carbonyl (C=O) groups is 1. The smallest absolute Gasteiger partial charge is 0.262 e. The highest BCUT2D eigenvalue weighted by Crippen LogP contribution is 2.33. The Labute approximate surface area is 141 Å². The largest absolute Gasteiger partial charge is 0.496 e. The van der Waals surface area contributed by atoms with E-state index in [1.54, 1.807) is 26.4 Å². The van der Waals surface area contributed by atoms with Crippen LogP contribution in [0, 0.1) is 0 Å². The molecule has 0 aromatic heterocycles. The molecule has 0 saturated carbocycles. The van der Waals surface area contributed by atoms with Gasteiger partial charge in [0.25, 0.3) is 5.91 Å². The topological polar surface area (TPSA) is 48.0 Å². The van der Waals surface area contributed by atoms with Gasteiger partial charge < -0.3 is 19.1 Å². The summed E-state index contributed by atoms with van der Waals surface area (Å²) in [5, 5.41) is 0. The van der Waals surface area contributed by atoms with Gasteiger partial charge in [-0.2, -0.15) is 0 Å². The molecule has 0 N–H and O–H groups in total. The number of hydrogen-bond acceptors (Lipinski definition) is 4. The first-order valence-electron chi connectivity index (χ1n) is 7.91. The summed E-state index contributed by atoms with van der Waals surface area (Å²) in [7, 11) is 3.11. The van der Waals surface area contributed by atoms with E-state index in [2.05, 4.69) is 0 Å². The van der Waals surface area contributed by atoms with E-state index in [0.717, 1.165) is 5.56 Å². The van der Waals surface area contributed by atoms with Crippen molar-refractivity contribution in [2.24, 2.45) is 0 Å². The van der Waals surface area contributed by atoms with Crippen LogP contribution in [-0.4, -0.2) is 44.8 Å². The maximum atomic E-state index is 13.3. The molecule has 2 aromatic carbocycles. The Hall–Kier alpha value is -2.53. The molecule has 126 valence electrons. The summed E-state index contributed by atoms with van der Waals surface area (Å²) in [5.41, 5.74) is 1.50. The van der Waals surface area contributed by atoms with Crippen LogP contribution in [0.15, 0.2) is 48.5 Å². The van der Waals surface area contributed by atoms with Crippen molar-refractivity contribution in [1.82, 2.24) is 4.90 Å². The number of morpholine rings is 1. The molecule has 5 nitrogen and oxygen atoms in total. The molecule has 0 aliphatic carbocycles. The van der Waals surface area contributed by atoms with Crippen LogP contribution in [-0.2, 0) is 4.74 Å². The predicted molar refractivity (Wildman–Crippen MR) is 90.6 cm³/mol. The van der Waals surface area contributed by atoms with Crippen molar-refractivity contribution in [2.45, 2.75) is 6.04 Å². The van der Waals surface area contributed by atoms with Gasteiger partial charge in [-0.25, -0.2) is 0 Å². The minimum Gasteiger partial charge on any atom is -0.496 e. The van der Waals surface area contributed by atoms with Gasteiger partial charge in [0, 0.05) is 6.54 Å². The maximum Gasteiger partial charge on any atom is 0.262 e. The zero-order valence-electron chi connectivity index (χ0n) is 13.9. The van der Waals surface area contributed by atoms with E-state index in [9.17, 15) is 4.79 Å². The minimum atomic E-state index is -0.123. The van der Waals surface area contributed by atoms with Crippen molar-refractivity contribution < 1.29 is 19.0 Å². The number of nitrogens with zero attached hydrogens (tertiary/aromatic N) is 1. The van der Waals surface area contributed by atoms with E-state index >= 15 is 0 Å². The minimum absolute atomic E-state index is 0.110. The second kappa shape index (κ2) is 7.36. The maximum absolute atomic E-state index is 13.3. The lowest BCUT2D eigenvalue weighted by atomic mass is 10.0. The van der Waals surface area contributed by atoms with Crippen molar-refractivity contribution in [3.8, 4) is 11.5 Å². The zero-order chi connectivity index (χ0) is 16.9. The molecule has 5 heteroatoms. The molecule has 2 aromatic rings. The highest BCUT2D eigenvalue weighted by Gasteiger charge is 2.32. The highest BCUT2D eigenvalue weighted by atomic mass is 16.5. The second-order valence-corrected chi connectivity index (χ2v) is 5.54. The number of amides is 1. The van der Waals surface area contributed by atoms with Gasteiger partial charge >= 0.3 is 0 Å². The molecule has 1 unspecified atom stereocenters. The summed E-state index contributed by atoms with van der Waals surface area (Å²) < 4.78 is 16.4. The molecule has 1 amide bonds. The van der Waals surface area contributed by atoms with Crippen LogP contribution in [0.1, 0.15) is 22.0 Å². The van der Waals surface area contributed by atoms with Crippen molar-refractivity contribution in [1.29, 1.82) is 0 Å². The summed E-state index contributed by atoms with van der Waals surface area (Å²) in [5.74, 6) is 0.914. The Balaban J connectivity index is 1.99. The molecule has 1 fully saturated rings. The number of benzene rings is 2. The third-order valence-electron chi connectivity index (χ3n) is 4.22. The molecule has 1 aliphatic heterocycles. The first kappa shape index (κ1) is 16.3. The molecule has 1 heterocycles. The molecule has 24 heavy (non-hydrogen) atoms. The zero-order valence-corrected chi connectivity index (χ0v) is 13.9. The molecule has 0 radical (unpaired) electrons. The molecular formula is C19H21NO4. The van der Waals surface area contributed by atoms with Gasteiger partial charge in [-0.05, 0) is 17.7 Å². The van der Waals surface area contributed by atoms with E-state index in [0.29, 0.717) is 36.8 Å². The van der Waals surface area contributed by atoms with Gasteiger partial charge in [0.1, 0.15) is 17.1 Å². The third-order valence-corrected chi connectivity index (χ3v) is 4.22. The first-order chi connectivity index (χ1) is 11.8. The lowest BCUT2D eigenvalue weighted by molar-refractivity contribution is -0.00299. The van der Waals surface area contributed by atoms with Gasteiger partial charge in [-0.3, -0.25) is 4.79 Å². The van der Waals surface area contributed by atoms with Gasteiger partial charge in [-0.1, -0.05) is 36.4 Å². The molecule has 0 spiro atoms. The summed E-state index contributed by atoms with van der Waals surface area (Å²) in [6, 6.07) is 15.2. The Morgan fingerprint density at radius 2 is 1.71 bits per heavy atom. The Morgan fingerprint density at radius 3 is 2.33 bits per heavy atom. The first-order valence-corrected chi connectivity index (χ1v) is 7.91. The lowest BCUT2D eigenvalue weighted by Gasteiger charge is -2.36. The van der Waals surface area contributed by atoms with Crippen LogP contribution in [0.3, 0.4) is 0 Å². The molecule has 1 aliphatic rings. The number of carbonyl (C=O) groups excluding carboxylic acids is 1.